The maximum Gasteiger partial charge on any atom is 0.238 e. The molecule has 2 heterocycles. The maximum absolute atomic E-state index is 11.8. The first kappa shape index (κ1) is 12.9. The van der Waals surface area contributed by atoms with Crippen LogP contribution in [0.5, 0.6) is 0 Å². The van der Waals surface area contributed by atoms with Gasteiger partial charge in [0.05, 0.1) is 6.54 Å². The van der Waals surface area contributed by atoms with Crippen LogP contribution in [0.2, 0.25) is 0 Å². The molecule has 1 aliphatic heterocycles. The average molecular weight is 270 g/mol. The highest BCUT2D eigenvalue weighted by Gasteiger charge is 2.31. The third-order valence-electron chi connectivity index (χ3n) is 2.86. The number of thioether (sulfide) groups is 1. The van der Waals surface area contributed by atoms with E-state index in [1.165, 1.54) is 9.75 Å². The van der Waals surface area contributed by atoms with Crippen molar-refractivity contribution < 1.29 is 4.79 Å². The summed E-state index contributed by atoms with van der Waals surface area (Å²) in [7, 11) is 0. The first-order valence-corrected chi connectivity index (χ1v) is 8.01. The Morgan fingerprint density at radius 1 is 1.59 bits per heavy atom. The zero-order valence-corrected chi connectivity index (χ0v) is 11.9. The van der Waals surface area contributed by atoms with Crippen LogP contribution in [-0.2, 0) is 4.79 Å². The van der Waals surface area contributed by atoms with Gasteiger partial charge in [-0.15, -0.1) is 11.3 Å². The van der Waals surface area contributed by atoms with Crippen molar-refractivity contribution in [2.75, 3.05) is 25.1 Å². The molecule has 0 radical (unpaired) electrons. The summed E-state index contributed by atoms with van der Waals surface area (Å²) in [6, 6.07) is 4.24. The van der Waals surface area contributed by atoms with Crippen molar-refractivity contribution in [2.24, 2.45) is 0 Å². The number of hydrogen-bond donors (Lipinski definition) is 1. The molecule has 1 saturated heterocycles. The minimum Gasteiger partial charge on any atom is -0.321 e. The quantitative estimate of drug-likeness (QED) is 0.833. The predicted octanol–water partition coefficient (Wildman–Crippen LogP) is 2.24. The van der Waals surface area contributed by atoms with Crippen LogP contribution >= 0.6 is 23.1 Å². The van der Waals surface area contributed by atoms with Crippen LogP contribution in [0.3, 0.4) is 0 Å². The molecular weight excluding hydrogens is 252 g/mol. The van der Waals surface area contributed by atoms with Gasteiger partial charge < -0.3 is 4.90 Å². The Morgan fingerprint density at radius 3 is 3.06 bits per heavy atom. The van der Waals surface area contributed by atoms with Gasteiger partial charge in [-0.1, -0.05) is 0 Å². The van der Waals surface area contributed by atoms with Crippen LogP contribution in [-0.4, -0.2) is 35.9 Å². The molecule has 0 aliphatic carbocycles. The number of nitrogens with zero attached hydrogens (tertiary/aromatic N) is 1. The molecule has 1 aromatic heterocycles. The molecule has 1 fully saturated rings. The summed E-state index contributed by atoms with van der Waals surface area (Å²) in [5.74, 6) is 1.34. The second-order valence-electron chi connectivity index (χ2n) is 4.17. The van der Waals surface area contributed by atoms with Crippen LogP contribution in [0.4, 0.5) is 0 Å². The maximum atomic E-state index is 11.8. The van der Waals surface area contributed by atoms with Crippen LogP contribution in [0.15, 0.2) is 12.1 Å². The molecule has 3 nitrogen and oxygen atoms in total. The lowest BCUT2D eigenvalue weighted by Gasteiger charge is -2.23. The van der Waals surface area contributed by atoms with E-state index in [1.54, 1.807) is 11.3 Å². The van der Waals surface area contributed by atoms with Crippen molar-refractivity contribution in [3.63, 3.8) is 0 Å². The Balaban J connectivity index is 2.03. The Labute approximate surface area is 111 Å². The van der Waals surface area contributed by atoms with Crippen LogP contribution in [0.25, 0.3) is 0 Å². The Morgan fingerprint density at radius 2 is 2.41 bits per heavy atom. The first-order chi connectivity index (χ1) is 8.22. The first-order valence-electron chi connectivity index (χ1n) is 5.80. The molecule has 0 spiro atoms. The molecule has 1 unspecified atom stereocenters. The van der Waals surface area contributed by atoms with E-state index in [9.17, 15) is 4.79 Å². The van der Waals surface area contributed by atoms with Gasteiger partial charge in [0.1, 0.15) is 6.17 Å². The van der Waals surface area contributed by atoms with Gasteiger partial charge in [0.2, 0.25) is 5.91 Å². The predicted molar refractivity (Wildman–Crippen MR) is 74.5 cm³/mol. The molecule has 1 aliphatic rings. The van der Waals surface area contributed by atoms with E-state index in [1.807, 2.05) is 16.7 Å². The number of carbonyl (C=O) groups is 1. The molecule has 1 amide bonds. The van der Waals surface area contributed by atoms with Crippen LogP contribution in [0.1, 0.15) is 22.3 Å². The molecule has 17 heavy (non-hydrogen) atoms. The fourth-order valence-electron chi connectivity index (χ4n) is 2.03. The molecule has 1 N–H and O–H groups in total. The van der Waals surface area contributed by atoms with Crippen molar-refractivity contribution in [1.82, 2.24) is 10.2 Å². The summed E-state index contributed by atoms with van der Waals surface area (Å²) in [5, 5.41) is 3.29. The van der Waals surface area contributed by atoms with E-state index in [2.05, 4.69) is 30.6 Å². The fraction of sp³-hybridized carbons (Fsp3) is 0.583. The number of rotatable bonds is 5. The molecule has 2 rings (SSSR count). The highest BCUT2D eigenvalue weighted by molar-refractivity contribution is 7.98. The fourth-order valence-corrected chi connectivity index (χ4v) is 3.41. The summed E-state index contributed by atoms with van der Waals surface area (Å²) in [6.45, 7) is 3.43. The topological polar surface area (TPSA) is 32.3 Å². The number of carbonyl (C=O) groups excluding carboxylic acids is 1. The molecule has 0 bridgehead atoms. The van der Waals surface area contributed by atoms with E-state index in [0.717, 1.165) is 18.7 Å². The highest BCUT2D eigenvalue weighted by Crippen LogP contribution is 2.28. The second kappa shape index (κ2) is 5.89. The van der Waals surface area contributed by atoms with Gasteiger partial charge in [0.15, 0.2) is 0 Å². The monoisotopic (exact) mass is 270 g/mol. The summed E-state index contributed by atoms with van der Waals surface area (Å²) >= 11 is 3.60. The molecule has 1 aromatic rings. The Hall–Kier alpha value is -0.520. The number of amides is 1. The van der Waals surface area contributed by atoms with Gasteiger partial charge in [-0.25, -0.2) is 0 Å². The second-order valence-corrected chi connectivity index (χ2v) is 6.47. The van der Waals surface area contributed by atoms with Gasteiger partial charge >= 0.3 is 0 Å². The lowest BCUT2D eigenvalue weighted by atomic mass is 10.3. The largest absolute Gasteiger partial charge is 0.321 e. The van der Waals surface area contributed by atoms with Crippen LogP contribution in [0, 0.1) is 6.92 Å². The highest BCUT2D eigenvalue weighted by atomic mass is 32.2. The number of nitrogens with one attached hydrogen (secondary N) is 1. The Bertz CT molecular complexity index is 392. The average Bonchev–Trinajstić information content (AvgIpc) is 2.87. The summed E-state index contributed by atoms with van der Waals surface area (Å²) in [5.41, 5.74) is 0. The summed E-state index contributed by atoms with van der Waals surface area (Å²) in [6.07, 6.45) is 3.27. The number of aryl methyl sites for hydroxylation is 1. The molecule has 94 valence electrons. The molecular formula is C12H18N2OS2. The van der Waals surface area contributed by atoms with Gasteiger partial charge in [0.25, 0.3) is 0 Å². The zero-order valence-electron chi connectivity index (χ0n) is 10.2. The minimum absolute atomic E-state index is 0.100. The van der Waals surface area contributed by atoms with Gasteiger partial charge in [-0.3, -0.25) is 10.1 Å². The van der Waals surface area contributed by atoms with E-state index in [4.69, 9.17) is 0 Å². The van der Waals surface area contributed by atoms with Crippen molar-refractivity contribution in [2.45, 2.75) is 19.5 Å². The number of thiophene rings is 1. The smallest absolute Gasteiger partial charge is 0.238 e. The van der Waals surface area contributed by atoms with E-state index in [0.29, 0.717) is 6.54 Å². The molecule has 1 atom stereocenters. The lowest BCUT2D eigenvalue weighted by molar-refractivity contribution is -0.128. The third-order valence-corrected chi connectivity index (χ3v) is 4.61. The summed E-state index contributed by atoms with van der Waals surface area (Å²) < 4.78 is 0. The molecule has 0 aromatic carbocycles. The van der Waals surface area contributed by atoms with E-state index in [-0.39, 0.29) is 12.1 Å². The van der Waals surface area contributed by atoms with Crippen molar-refractivity contribution in [3.05, 3.63) is 21.9 Å². The standard InChI is InChI=1S/C12H18N2OS2/c1-9-4-5-10(17-9)12-13-8-11(15)14(12)6-3-7-16-2/h4-5,12-13H,3,6-8H2,1-2H3. The van der Waals surface area contributed by atoms with Crippen molar-refractivity contribution in [3.8, 4) is 0 Å². The normalized spacial score (nSPS) is 20.2. The lowest BCUT2D eigenvalue weighted by Crippen LogP contribution is -2.31. The number of hydrogen-bond acceptors (Lipinski definition) is 4. The van der Waals surface area contributed by atoms with Gasteiger partial charge in [0, 0.05) is 16.3 Å². The molecule has 5 heteroatoms. The summed E-state index contributed by atoms with van der Waals surface area (Å²) in [4.78, 5) is 16.3. The van der Waals surface area contributed by atoms with Crippen molar-refractivity contribution in [1.29, 1.82) is 0 Å². The van der Waals surface area contributed by atoms with Crippen LogP contribution < -0.4 is 5.32 Å². The van der Waals surface area contributed by atoms with Gasteiger partial charge in [-0.2, -0.15) is 11.8 Å². The SMILES string of the molecule is CSCCCN1C(=O)CNC1c1ccc(C)s1. The van der Waals surface area contributed by atoms with Gasteiger partial charge in [-0.05, 0) is 37.5 Å². The molecule has 0 saturated carbocycles. The third kappa shape index (κ3) is 3.03. The van der Waals surface area contributed by atoms with Crippen molar-refractivity contribution >= 4 is 29.0 Å². The zero-order chi connectivity index (χ0) is 12.3. The Kier molecular flexibility index (Phi) is 4.48. The minimum atomic E-state index is 0.100. The van der Waals surface area contributed by atoms with E-state index >= 15 is 0 Å². The van der Waals surface area contributed by atoms with E-state index < -0.39 is 0 Å².